The summed E-state index contributed by atoms with van der Waals surface area (Å²) >= 11 is 3.48. The van der Waals surface area contributed by atoms with Crippen molar-refractivity contribution >= 4 is 27.5 Å². The van der Waals surface area contributed by atoms with Crippen molar-refractivity contribution in [2.45, 2.75) is 38.5 Å². The van der Waals surface area contributed by atoms with Crippen molar-refractivity contribution in [2.75, 3.05) is 11.5 Å². The van der Waals surface area contributed by atoms with Gasteiger partial charge in [-0.3, -0.25) is 9.48 Å². The lowest BCUT2D eigenvalue weighted by Gasteiger charge is -2.27. The SMILES string of the molecule is C[C@@H](/C=C/CCn1cc(CCO)nn1)[C@]1(O)C(=O)N(Cc2ccccc2)c2ccc(Br)cc21. The Morgan fingerprint density at radius 1 is 1.21 bits per heavy atom. The molecule has 0 unspecified atom stereocenters. The van der Waals surface area contributed by atoms with Crippen LogP contribution in [0.5, 0.6) is 0 Å². The van der Waals surface area contributed by atoms with Crippen LogP contribution in [0.4, 0.5) is 5.69 Å². The number of benzene rings is 2. The summed E-state index contributed by atoms with van der Waals surface area (Å²) < 4.78 is 2.54. The summed E-state index contributed by atoms with van der Waals surface area (Å²) in [5.41, 5.74) is 1.45. The van der Waals surface area contributed by atoms with Crippen LogP contribution in [0.1, 0.15) is 30.2 Å². The van der Waals surface area contributed by atoms with Crippen LogP contribution in [0, 0.1) is 5.92 Å². The number of rotatable bonds is 9. The van der Waals surface area contributed by atoms with E-state index in [9.17, 15) is 9.90 Å². The Morgan fingerprint density at radius 2 is 2.00 bits per heavy atom. The third-order valence-corrected chi connectivity index (χ3v) is 6.47. The van der Waals surface area contributed by atoms with Crippen molar-refractivity contribution < 1.29 is 15.0 Å². The van der Waals surface area contributed by atoms with Gasteiger partial charge in [0.2, 0.25) is 0 Å². The second kappa shape index (κ2) is 9.99. The first kappa shape index (κ1) is 23.4. The third-order valence-electron chi connectivity index (χ3n) is 5.98. The number of hydrogen-bond acceptors (Lipinski definition) is 5. The normalized spacial score (nSPS) is 18.8. The number of aliphatic hydroxyl groups is 2. The van der Waals surface area contributed by atoms with E-state index < -0.39 is 11.5 Å². The number of aliphatic hydroxyl groups excluding tert-OH is 1. The van der Waals surface area contributed by atoms with Crippen molar-refractivity contribution in [1.82, 2.24) is 15.0 Å². The molecule has 4 rings (SSSR count). The second-order valence-corrected chi connectivity index (χ2v) is 9.17. The highest BCUT2D eigenvalue weighted by Gasteiger charge is 2.52. The maximum Gasteiger partial charge on any atom is 0.264 e. The van der Waals surface area contributed by atoms with E-state index >= 15 is 0 Å². The Morgan fingerprint density at radius 3 is 2.76 bits per heavy atom. The molecule has 172 valence electrons. The Kier molecular flexibility index (Phi) is 7.07. The van der Waals surface area contributed by atoms with Gasteiger partial charge in [0.25, 0.3) is 5.91 Å². The zero-order valence-corrected chi connectivity index (χ0v) is 20.0. The number of nitrogens with zero attached hydrogens (tertiary/aromatic N) is 4. The smallest absolute Gasteiger partial charge is 0.264 e. The number of aromatic nitrogens is 3. The van der Waals surface area contributed by atoms with E-state index in [4.69, 9.17) is 5.11 Å². The number of aryl methyl sites for hydroxylation is 1. The van der Waals surface area contributed by atoms with Crippen molar-refractivity contribution in [3.05, 3.63) is 88.2 Å². The number of carbonyl (C=O) groups excluding carboxylic acids is 1. The first-order valence-corrected chi connectivity index (χ1v) is 11.8. The number of halogens is 1. The fourth-order valence-electron chi connectivity index (χ4n) is 4.17. The molecule has 8 heteroatoms. The third kappa shape index (κ3) is 4.78. The van der Waals surface area contributed by atoms with Gasteiger partial charge in [-0.2, -0.15) is 0 Å². The minimum atomic E-state index is -1.65. The fourth-order valence-corrected chi connectivity index (χ4v) is 4.53. The Labute approximate surface area is 201 Å². The van der Waals surface area contributed by atoms with Crippen LogP contribution in [-0.4, -0.2) is 37.7 Å². The summed E-state index contributed by atoms with van der Waals surface area (Å²) in [4.78, 5) is 15.2. The summed E-state index contributed by atoms with van der Waals surface area (Å²) in [6.45, 7) is 2.92. The fraction of sp³-hybridized carbons (Fsp3) is 0.320. The van der Waals surface area contributed by atoms with E-state index in [1.807, 2.05) is 73.8 Å². The minimum absolute atomic E-state index is 0.0433. The van der Waals surface area contributed by atoms with E-state index in [-0.39, 0.29) is 12.5 Å². The average molecular weight is 511 g/mol. The van der Waals surface area contributed by atoms with Crippen molar-refractivity contribution in [2.24, 2.45) is 5.92 Å². The molecule has 2 heterocycles. The highest BCUT2D eigenvalue weighted by Crippen LogP contribution is 2.46. The topological polar surface area (TPSA) is 91.5 Å². The first-order valence-electron chi connectivity index (χ1n) is 11.0. The molecule has 0 aliphatic carbocycles. The van der Waals surface area contributed by atoms with E-state index in [0.29, 0.717) is 31.5 Å². The largest absolute Gasteiger partial charge is 0.396 e. The molecule has 3 aromatic rings. The lowest BCUT2D eigenvalue weighted by molar-refractivity contribution is -0.139. The second-order valence-electron chi connectivity index (χ2n) is 8.26. The number of amides is 1. The van der Waals surface area contributed by atoms with Gasteiger partial charge in [0.15, 0.2) is 5.60 Å². The van der Waals surface area contributed by atoms with E-state index in [0.717, 1.165) is 21.4 Å². The van der Waals surface area contributed by atoms with Crippen LogP contribution in [0.25, 0.3) is 0 Å². The summed E-state index contributed by atoms with van der Waals surface area (Å²) in [7, 11) is 0. The number of carbonyl (C=O) groups is 1. The summed E-state index contributed by atoms with van der Waals surface area (Å²) in [6, 6.07) is 15.4. The quantitative estimate of drug-likeness (QED) is 0.429. The van der Waals surface area contributed by atoms with Gasteiger partial charge >= 0.3 is 0 Å². The van der Waals surface area contributed by atoms with Crippen LogP contribution in [0.2, 0.25) is 0 Å². The molecule has 1 aliphatic heterocycles. The highest BCUT2D eigenvalue weighted by atomic mass is 79.9. The predicted octanol–water partition coefficient (Wildman–Crippen LogP) is 3.59. The number of fused-ring (bicyclic) bond motifs is 1. The van der Waals surface area contributed by atoms with Gasteiger partial charge < -0.3 is 15.1 Å². The molecule has 0 radical (unpaired) electrons. The first-order chi connectivity index (χ1) is 15.9. The Balaban J connectivity index is 1.52. The summed E-state index contributed by atoms with van der Waals surface area (Å²) in [6.07, 6.45) is 6.82. The molecule has 0 spiro atoms. The molecule has 33 heavy (non-hydrogen) atoms. The number of anilines is 1. The van der Waals surface area contributed by atoms with Gasteiger partial charge in [-0.15, -0.1) is 5.10 Å². The van der Waals surface area contributed by atoms with Crippen LogP contribution in [-0.2, 0) is 29.9 Å². The molecule has 0 fully saturated rings. The molecule has 2 aromatic carbocycles. The van der Waals surface area contributed by atoms with Gasteiger partial charge in [0.05, 0.1) is 17.9 Å². The van der Waals surface area contributed by atoms with Gasteiger partial charge in [0, 0.05) is 41.7 Å². The van der Waals surface area contributed by atoms with Gasteiger partial charge in [0.1, 0.15) is 0 Å². The van der Waals surface area contributed by atoms with Gasteiger partial charge in [-0.1, -0.05) is 70.6 Å². The standard InChI is InChI=1S/C25H27BrN4O3/c1-18(7-5-6-13-29-17-21(12-14-31)27-28-29)25(33)22-15-20(26)10-11-23(22)30(24(25)32)16-19-8-3-2-4-9-19/h2-5,7-11,15,17-18,31,33H,6,12-14,16H2,1H3/b7-5+/t18-,25+/m0/s1. The predicted molar refractivity (Wildman–Crippen MR) is 129 cm³/mol. The zero-order valence-electron chi connectivity index (χ0n) is 18.4. The van der Waals surface area contributed by atoms with Crippen LogP contribution in [0.3, 0.4) is 0 Å². The van der Waals surface area contributed by atoms with E-state index in [2.05, 4.69) is 26.2 Å². The number of hydrogen-bond donors (Lipinski definition) is 2. The highest BCUT2D eigenvalue weighted by molar-refractivity contribution is 9.10. The van der Waals surface area contributed by atoms with Crippen LogP contribution < -0.4 is 4.90 Å². The molecular formula is C25H27BrN4O3. The molecular weight excluding hydrogens is 484 g/mol. The molecule has 0 bridgehead atoms. The van der Waals surface area contributed by atoms with Crippen molar-refractivity contribution in [3.8, 4) is 0 Å². The van der Waals surface area contributed by atoms with Crippen LogP contribution >= 0.6 is 15.9 Å². The van der Waals surface area contributed by atoms with E-state index in [1.54, 1.807) is 9.58 Å². The maximum absolute atomic E-state index is 13.5. The number of allylic oxidation sites excluding steroid dienone is 1. The van der Waals surface area contributed by atoms with Gasteiger partial charge in [-0.05, 0) is 30.2 Å². The molecule has 0 saturated carbocycles. The van der Waals surface area contributed by atoms with Crippen molar-refractivity contribution in [3.63, 3.8) is 0 Å². The average Bonchev–Trinajstić information content (AvgIpc) is 3.34. The van der Waals surface area contributed by atoms with Crippen molar-refractivity contribution in [1.29, 1.82) is 0 Å². The van der Waals surface area contributed by atoms with Crippen LogP contribution in [0.15, 0.2) is 71.4 Å². The monoisotopic (exact) mass is 510 g/mol. The lowest BCUT2D eigenvalue weighted by atomic mass is 9.83. The molecule has 2 atom stereocenters. The molecule has 0 saturated heterocycles. The molecule has 1 aliphatic rings. The Bertz CT molecular complexity index is 1150. The molecule has 1 aromatic heterocycles. The summed E-state index contributed by atoms with van der Waals surface area (Å²) in [5.74, 6) is -0.749. The molecule has 7 nitrogen and oxygen atoms in total. The Hall–Kier alpha value is -2.81. The van der Waals surface area contributed by atoms with E-state index in [1.165, 1.54) is 0 Å². The maximum atomic E-state index is 13.5. The molecule has 2 N–H and O–H groups in total. The minimum Gasteiger partial charge on any atom is -0.396 e. The lowest BCUT2D eigenvalue weighted by Crippen LogP contribution is -2.44. The zero-order chi connectivity index (χ0) is 23.4. The van der Waals surface area contributed by atoms with Gasteiger partial charge in [-0.25, -0.2) is 0 Å². The summed E-state index contributed by atoms with van der Waals surface area (Å²) in [5, 5.41) is 28.8. The molecule has 1 amide bonds.